The van der Waals surface area contributed by atoms with Crippen molar-refractivity contribution in [2.75, 3.05) is 12.4 Å². The molecule has 3 rings (SSSR count). The topological polar surface area (TPSA) is 84.5 Å². The van der Waals surface area contributed by atoms with Gasteiger partial charge in [0.1, 0.15) is 22.5 Å². The highest BCUT2D eigenvalue weighted by molar-refractivity contribution is 7.89. The molecule has 0 fully saturated rings. The third-order valence-electron chi connectivity index (χ3n) is 4.96. The van der Waals surface area contributed by atoms with Crippen LogP contribution in [0.5, 0.6) is 5.75 Å². The molecule has 1 atom stereocenters. The third-order valence-corrected chi connectivity index (χ3v) is 6.46. The lowest BCUT2D eigenvalue weighted by Crippen LogP contribution is -2.45. The van der Waals surface area contributed by atoms with Crippen LogP contribution in [0.4, 0.5) is 10.1 Å². The minimum absolute atomic E-state index is 0.0210. The predicted molar refractivity (Wildman–Crippen MR) is 122 cm³/mol. The smallest absolute Gasteiger partial charge is 0.245 e. The van der Waals surface area contributed by atoms with Crippen LogP contribution in [0, 0.1) is 19.7 Å². The van der Waals surface area contributed by atoms with Crippen molar-refractivity contribution in [2.24, 2.45) is 0 Å². The summed E-state index contributed by atoms with van der Waals surface area (Å²) in [4.78, 5) is 12.8. The summed E-state index contributed by atoms with van der Waals surface area (Å²) in [7, 11) is -2.98. The second-order valence-corrected chi connectivity index (χ2v) is 9.15. The zero-order chi connectivity index (χ0) is 23.3. The van der Waals surface area contributed by atoms with Gasteiger partial charge in [-0.25, -0.2) is 12.8 Å². The van der Waals surface area contributed by atoms with E-state index >= 15 is 0 Å². The molecule has 0 radical (unpaired) electrons. The van der Waals surface area contributed by atoms with Gasteiger partial charge >= 0.3 is 0 Å². The first kappa shape index (κ1) is 23.4. The highest BCUT2D eigenvalue weighted by Crippen LogP contribution is 2.25. The number of halogens is 1. The van der Waals surface area contributed by atoms with Gasteiger partial charge in [-0.05, 0) is 61.2 Å². The number of sulfonamides is 1. The summed E-state index contributed by atoms with van der Waals surface area (Å²) in [5.74, 6) is -1.28. The van der Waals surface area contributed by atoms with Gasteiger partial charge in [0.15, 0.2) is 0 Å². The number of aryl methyl sites for hydroxylation is 2. The molecule has 2 N–H and O–H groups in total. The Morgan fingerprint density at radius 2 is 1.75 bits per heavy atom. The lowest BCUT2D eigenvalue weighted by atomic mass is 10.1. The summed E-state index contributed by atoms with van der Waals surface area (Å²) in [6, 6.07) is 16.7. The number of methoxy groups -OCH3 is 1. The van der Waals surface area contributed by atoms with Gasteiger partial charge in [0.05, 0.1) is 7.11 Å². The van der Waals surface area contributed by atoms with Crippen molar-refractivity contribution in [3.8, 4) is 5.75 Å². The average Bonchev–Trinajstić information content (AvgIpc) is 2.76. The summed E-state index contributed by atoms with van der Waals surface area (Å²) in [6.45, 7) is 3.75. The molecule has 0 aliphatic heterocycles. The molecule has 168 valence electrons. The number of hydrogen-bond donors (Lipinski definition) is 2. The van der Waals surface area contributed by atoms with E-state index in [1.165, 1.54) is 13.2 Å². The predicted octanol–water partition coefficient (Wildman–Crippen LogP) is 3.98. The number of nitrogens with one attached hydrogen (secondary N) is 2. The number of ether oxygens (including phenoxy) is 1. The molecule has 0 saturated carbocycles. The largest absolute Gasteiger partial charge is 0.495 e. The van der Waals surface area contributed by atoms with E-state index in [9.17, 15) is 17.6 Å². The van der Waals surface area contributed by atoms with E-state index in [-0.39, 0.29) is 17.1 Å². The molecule has 0 aliphatic rings. The number of hydrogen-bond acceptors (Lipinski definition) is 4. The summed E-state index contributed by atoms with van der Waals surface area (Å²) in [5, 5.41) is 2.81. The molecule has 0 heterocycles. The van der Waals surface area contributed by atoms with Gasteiger partial charge in [0.2, 0.25) is 15.9 Å². The highest BCUT2D eigenvalue weighted by Gasteiger charge is 2.29. The fraction of sp³-hybridized carbons (Fsp3) is 0.208. The maximum atomic E-state index is 13.8. The van der Waals surface area contributed by atoms with Gasteiger partial charge < -0.3 is 10.1 Å². The monoisotopic (exact) mass is 456 g/mol. The van der Waals surface area contributed by atoms with Crippen LogP contribution in [0.1, 0.15) is 16.7 Å². The van der Waals surface area contributed by atoms with Gasteiger partial charge in [-0.1, -0.05) is 42.5 Å². The number of anilines is 1. The minimum Gasteiger partial charge on any atom is -0.495 e. The van der Waals surface area contributed by atoms with Gasteiger partial charge in [-0.3, -0.25) is 4.79 Å². The number of amides is 1. The maximum absolute atomic E-state index is 13.8. The van der Waals surface area contributed by atoms with Crippen molar-refractivity contribution >= 4 is 21.6 Å². The normalized spacial score (nSPS) is 12.2. The molecule has 0 aliphatic carbocycles. The van der Waals surface area contributed by atoms with E-state index in [1.807, 2.05) is 38.1 Å². The Hall–Kier alpha value is -3.23. The van der Waals surface area contributed by atoms with Gasteiger partial charge in [-0.15, -0.1) is 0 Å². The first-order valence-electron chi connectivity index (χ1n) is 9.97. The number of benzene rings is 3. The first-order valence-corrected chi connectivity index (χ1v) is 11.5. The fourth-order valence-corrected chi connectivity index (χ4v) is 4.62. The molecule has 0 aromatic heterocycles. The second-order valence-electron chi connectivity index (χ2n) is 7.47. The lowest BCUT2D eigenvalue weighted by Gasteiger charge is -2.20. The average molecular weight is 457 g/mol. The lowest BCUT2D eigenvalue weighted by molar-refractivity contribution is -0.117. The van der Waals surface area contributed by atoms with Gasteiger partial charge in [0.25, 0.3) is 0 Å². The SMILES string of the molecule is COc1ccc(F)cc1S(=O)(=O)NC(Cc1ccccc1)C(=O)Nc1cc(C)ccc1C. The second kappa shape index (κ2) is 9.93. The van der Waals surface area contributed by atoms with E-state index in [0.717, 1.165) is 28.8 Å². The van der Waals surface area contributed by atoms with E-state index in [1.54, 1.807) is 24.3 Å². The third kappa shape index (κ3) is 5.72. The molecule has 3 aromatic rings. The van der Waals surface area contributed by atoms with Crippen LogP contribution in [0.25, 0.3) is 0 Å². The van der Waals surface area contributed by atoms with Crippen molar-refractivity contribution in [1.29, 1.82) is 0 Å². The summed E-state index contributed by atoms with van der Waals surface area (Å²) in [5.41, 5.74) is 3.16. The van der Waals surface area contributed by atoms with E-state index in [4.69, 9.17) is 4.74 Å². The van der Waals surface area contributed by atoms with E-state index in [0.29, 0.717) is 5.69 Å². The summed E-state index contributed by atoms with van der Waals surface area (Å²) >= 11 is 0. The zero-order valence-corrected chi connectivity index (χ0v) is 18.9. The molecule has 32 heavy (non-hydrogen) atoms. The fourth-order valence-electron chi connectivity index (χ4n) is 3.24. The molecule has 8 heteroatoms. The van der Waals surface area contributed by atoms with Crippen LogP contribution in [-0.2, 0) is 21.2 Å². The quantitative estimate of drug-likeness (QED) is 0.537. The Morgan fingerprint density at radius 3 is 2.44 bits per heavy atom. The molecule has 0 saturated heterocycles. The van der Waals surface area contributed by atoms with Crippen molar-refractivity contribution in [1.82, 2.24) is 4.72 Å². The molecular formula is C24H25FN2O4S. The Balaban J connectivity index is 1.95. The van der Waals surface area contributed by atoms with Crippen molar-refractivity contribution in [2.45, 2.75) is 31.2 Å². The molecule has 1 unspecified atom stereocenters. The molecule has 1 amide bonds. The standard InChI is InChI=1S/C24H25FN2O4S/c1-16-9-10-17(2)20(13-16)26-24(28)21(14-18-7-5-4-6-8-18)27-32(29,30)23-15-19(25)11-12-22(23)31-3/h4-13,15,21,27H,14H2,1-3H3,(H,26,28). The van der Waals surface area contributed by atoms with E-state index < -0.39 is 27.8 Å². The molecule has 6 nitrogen and oxygen atoms in total. The Labute approximate surface area is 187 Å². The Kier molecular flexibility index (Phi) is 7.27. The van der Waals surface area contributed by atoms with Crippen LogP contribution in [0.15, 0.2) is 71.6 Å². The van der Waals surface area contributed by atoms with Crippen molar-refractivity contribution < 1.29 is 22.3 Å². The van der Waals surface area contributed by atoms with Crippen LogP contribution in [0.3, 0.4) is 0 Å². The number of carbonyl (C=O) groups excluding carboxylic acids is 1. The minimum atomic E-state index is -4.28. The molecule has 0 bridgehead atoms. The van der Waals surface area contributed by atoms with Crippen LogP contribution in [0.2, 0.25) is 0 Å². The Morgan fingerprint density at radius 1 is 1.03 bits per heavy atom. The highest BCUT2D eigenvalue weighted by atomic mass is 32.2. The first-order chi connectivity index (χ1) is 15.2. The van der Waals surface area contributed by atoms with Gasteiger partial charge in [-0.2, -0.15) is 4.72 Å². The summed E-state index contributed by atoms with van der Waals surface area (Å²) in [6.07, 6.45) is 0.106. The summed E-state index contributed by atoms with van der Waals surface area (Å²) < 4.78 is 47.5. The molecular weight excluding hydrogens is 431 g/mol. The molecule has 3 aromatic carbocycles. The Bertz CT molecular complexity index is 1210. The van der Waals surface area contributed by atoms with Gasteiger partial charge in [0, 0.05) is 5.69 Å². The van der Waals surface area contributed by atoms with Crippen molar-refractivity contribution in [3.63, 3.8) is 0 Å². The maximum Gasteiger partial charge on any atom is 0.245 e. The number of rotatable bonds is 8. The number of carbonyl (C=O) groups is 1. The van der Waals surface area contributed by atoms with Crippen molar-refractivity contribution in [3.05, 3.63) is 89.2 Å². The zero-order valence-electron chi connectivity index (χ0n) is 18.1. The van der Waals surface area contributed by atoms with E-state index in [2.05, 4.69) is 10.0 Å². The molecule has 0 spiro atoms. The van der Waals surface area contributed by atoms with Crippen LogP contribution in [-0.4, -0.2) is 27.5 Å². The van der Waals surface area contributed by atoms with Crippen LogP contribution < -0.4 is 14.8 Å². The van der Waals surface area contributed by atoms with Crippen LogP contribution >= 0.6 is 0 Å².